The van der Waals surface area contributed by atoms with Crippen LogP contribution in [0.5, 0.6) is 17.2 Å². The van der Waals surface area contributed by atoms with Crippen molar-refractivity contribution in [1.29, 1.82) is 0 Å². The molecule has 2 rings (SSSR count). The lowest BCUT2D eigenvalue weighted by atomic mass is 10.1. The molecule has 0 aliphatic rings. The van der Waals surface area contributed by atoms with Crippen LogP contribution in [0.1, 0.15) is 16.5 Å². The smallest absolute Gasteiger partial charge is 0.203 e. The Morgan fingerprint density at radius 3 is 2.19 bits per heavy atom. The Morgan fingerprint density at radius 2 is 1.71 bits per heavy atom. The van der Waals surface area contributed by atoms with E-state index in [1.165, 1.54) is 25.6 Å². The van der Waals surface area contributed by atoms with Crippen molar-refractivity contribution in [3.05, 3.63) is 36.9 Å². The summed E-state index contributed by atoms with van der Waals surface area (Å²) in [4.78, 5) is 0.791. The monoisotopic (exact) mass is 436 g/mol. The maximum Gasteiger partial charge on any atom is 0.203 e. The van der Waals surface area contributed by atoms with Gasteiger partial charge in [0.15, 0.2) is 11.5 Å². The highest BCUT2D eigenvalue weighted by Crippen LogP contribution is 2.45. The van der Waals surface area contributed by atoms with Crippen LogP contribution in [0.15, 0.2) is 26.5 Å². The van der Waals surface area contributed by atoms with Gasteiger partial charge in [0.1, 0.15) is 6.10 Å². The minimum Gasteiger partial charge on any atom is -0.493 e. The lowest BCUT2D eigenvalue weighted by molar-refractivity contribution is 0.216. The lowest BCUT2D eigenvalue weighted by Crippen LogP contribution is -2.03. The van der Waals surface area contributed by atoms with Crippen LogP contribution in [0.25, 0.3) is 0 Å². The van der Waals surface area contributed by atoms with Crippen LogP contribution in [0, 0.1) is 0 Å². The number of aliphatic hydroxyl groups excluding tert-OH is 1. The molecule has 0 amide bonds. The van der Waals surface area contributed by atoms with E-state index in [-0.39, 0.29) is 0 Å². The average molecular weight is 438 g/mol. The normalized spacial score (nSPS) is 12.1. The molecule has 1 heterocycles. The number of benzene rings is 1. The van der Waals surface area contributed by atoms with Gasteiger partial charge >= 0.3 is 0 Å². The van der Waals surface area contributed by atoms with E-state index >= 15 is 0 Å². The predicted molar refractivity (Wildman–Crippen MR) is 89.9 cm³/mol. The van der Waals surface area contributed by atoms with Crippen molar-refractivity contribution in [1.82, 2.24) is 0 Å². The minimum atomic E-state index is -0.813. The molecule has 4 nitrogen and oxygen atoms in total. The van der Waals surface area contributed by atoms with Gasteiger partial charge in [0.2, 0.25) is 5.75 Å². The Hall–Kier alpha value is -0.760. The first kappa shape index (κ1) is 16.6. The van der Waals surface area contributed by atoms with E-state index in [0.717, 1.165) is 13.1 Å². The fraction of sp³-hybridized carbons (Fsp3) is 0.286. The first-order valence-electron chi connectivity index (χ1n) is 5.95. The molecule has 21 heavy (non-hydrogen) atoms. The molecule has 1 unspecified atom stereocenters. The van der Waals surface area contributed by atoms with E-state index < -0.39 is 6.10 Å². The molecule has 0 fully saturated rings. The average Bonchev–Trinajstić information content (AvgIpc) is 2.84. The molecule has 114 valence electrons. The standard InChI is InChI=1S/C14H14Br2O4S/c1-18-9-5-4-7(12(19-2)13(9)20-3)11(17)10-6-8(15)14(16)21-10/h4-6,11,17H,1-3H3. The number of hydrogen-bond donors (Lipinski definition) is 1. The second-order valence-corrected chi connectivity index (χ2v) is 7.35. The number of hydrogen-bond acceptors (Lipinski definition) is 5. The van der Waals surface area contributed by atoms with Gasteiger partial charge in [-0.2, -0.15) is 0 Å². The van der Waals surface area contributed by atoms with E-state index in [2.05, 4.69) is 31.9 Å². The number of thiophene rings is 1. The Bertz CT molecular complexity index is 623. The number of rotatable bonds is 5. The Morgan fingerprint density at radius 1 is 1.05 bits per heavy atom. The summed E-state index contributed by atoms with van der Waals surface area (Å²) in [6.07, 6.45) is -0.813. The van der Waals surface area contributed by atoms with E-state index in [4.69, 9.17) is 14.2 Å². The number of methoxy groups -OCH3 is 3. The quantitative estimate of drug-likeness (QED) is 0.753. The second-order valence-electron chi connectivity index (χ2n) is 4.10. The molecular weight excluding hydrogens is 424 g/mol. The van der Waals surface area contributed by atoms with Crippen LogP contribution in [0.3, 0.4) is 0 Å². The molecule has 0 aliphatic carbocycles. The lowest BCUT2D eigenvalue weighted by Gasteiger charge is -2.18. The van der Waals surface area contributed by atoms with Crippen molar-refractivity contribution in [3.8, 4) is 17.2 Å². The summed E-state index contributed by atoms with van der Waals surface area (Å²) >= 11 is 8.30. The zero-order valence-corrected chi connectivity index (χ0v) is 15.6. The molecule has 1 atom stereocenters. The van der Waals surface area contributed by atoms with Crippen LogP contribution >= 0.6 is 43.2 Å². The van der Waals surface area contributed by atoms with Crippen LogP contribution in [-0.4, -0.2) is 26.4 Å². The highest BCUT2D eigenvalue weighted by Gasteiger charge is 2.23. The predicted octanol–water partition coefficient (Wildman–Crippen LogP) is 4.38. The van der Waals surface area contributed by atoms with Gasteiger partial charge < -0.3 is 19.3 Å². The van der Waals surface area contributed by atoms with Crippen molar-refractivity contribution in [2.45, 2.75) is 6.10 Å². The van der Waals surface area contributed by atoms with E-state index in [1.807, 2.05) is 6.07 Å². The van der Waals surface area contributed by atoms with Gasteiger partial charge in [0.05, 0.1) is 25.1 Å². The molecule has 0 aliphatic heterocycles. The molecular formula is C14H14Br2O4S. The Kier molecular flexibility index (Phi) is 5.54. The highest BCUT2D eigenvalue weighted by molar-refractivity contribution is 9.13. The third-order valence-corrected chi connectivity index (χ3v) is 6.27. The maximum absolute atomic E-state index is 10.6. The summed E-state index contributed by atoms with van der Waals surface area (Å²) in [5, 5.41) is 10.6. The third kappa shape index (κ3) is 3.21. The Balaban J connectivity index is 2.52. The van der Waals surface area contributed by atoms with Crippen molar-refractivity contribution >= 4 is 43.2 Å². The van der Waals surface area contributed by atoms with Gasteiger partial charge in [-0.25, -0.2) is 0 Å². The molecule has 1 aromatic carbocycles. The van der Waals surface area contributed by atoms with E-state index in [0.29, 0.717) is 22.8 Å². The fourth-order valence-electron chi connectivity index (χ4n) is 1.99. The molecule has 0 bridgehead atoms. The molecule has 2 aromatic rings. The summed E-state index contributed by atoms with van der Waals surface area (Å²) in [6.45, 7) is 0. The summed E-state index contributed by atoms with van der Waals surface area (Å²) in [7, 11) is 4.63. The van der Waals surface area contributed by atoms with Crippen LogP contribution in [-0.2, 0) is 0 Å². The SMILES string of the molecule is COc1ccc(C(O)c2cc(Br)c(Br)s2)c(OC)c1OC. The highest BCUT2D eigenvalue weighted by atomic mass is 79.9. The first-order chi connectivity index (χ1) is 10.0. The zero-order valence-electron chi connectivity index (χ0n) is 11.6. The molecule has 0 radical (unpaired) electrons. The Labute approximate surface area is 143 Å². The van der Waals surface area contributed by atoms with Gasteiger partial charge in [0.25, 0.3) is 0 Å². The van der Waals surface area contributed by atoms with Crippen molar-refractivity contribution in [2.24, 2.45) is 0 Å². The third-order valence-electron chi connectivity index (χ3n) is 2.96. The van der Waals surface area contributed by atoms with E-state index in [1.54, 1.807) is 19.2 Å². The van der Waals surface area contributed by atoms with Gasteiger partial charge in [-0.3, -0.25) is 0 Å². The molecule has 7 heteroatoms. The topological polar surface area (TPSA) is 47.9 Å². The van der Waals surface area contributed by atoms with Crippen molar-refractivity contribution in [3.63, 3.8) is 0 Å². The second kappa shape index (κ2) is 7.00. The largest absolute Gasteiger partial charge is 0.493 e. The number of halogens is 2. The maximum atomic E-state index is 10.6. The summed E-state index contributed by atoms with van der Waals surface area (Å²) < 4.78 is 17.8. The number of aliphatic hydroxyl groups is 1. The van der Waals surface area contributed by atoms with Crippen LogP contribution in [0.2, 0.25) is 0 Å². The molecule has 0 spiro atoms. The van der Waals surface area contributed by atoms with E-state index in [9.17, 15) is 5.11 Å². The number of ether oxygens (including phenoxy) is 3. The van der Waals surface area contributed by atoms with Gasteiger partial charge in [-0.05, 0) is 50.1 Å². The summed E-state index contributed by atoms with van der Waals surface area (Å²) in [5.74, 6) is 1.48. The van der Waals surface area contributed by atoms with Crippen LogP contribution < -0.4 is 14.2 Å². The summed E-state index contributed by atoms with van der Waals surface area (Å²) in [5.41, 5.74) is 0.622. The van der Waals surface area contributed by atoms with Crippen LogP contribution in [0.4, 0.5) is 0 Å². The van der Waals surface area contributed by atoms with Gasteiger partial charge in [-0.1, -0.05) is 0 Å². The molecule has 1 aromatic heterocycles. The first-order valence-corrected chi connectivity index (χ1v) is 8.35. The minimum absolute atomic E-state index is 0.463. The van der Waals surface area contributed by atoms with Gasteiger partial charge in [0, 0.05) is 14.9 Å². The summed E-state index contributed by atoms with van der Waals surface area (Å²) in [6, 6.07) is 5.39. The van der Waals surface area contributed by atoms with Crippen molar-refractivity contribution < 1.29 is 19.3 Å². The zero-order chi connectivity index (χ0) is 15.6. The molecule has 1 N–H and O–H groups in total. The van der Waals surface area contributed by atoms with Gasteiger partial charge in [-0.15, -0.1) is 11.3 Å². The molecule has 0 saturated heterocycles. The molecule has 0 saturated carbocycles. The fourth-order valence-corrected chi connectivity index (χ4v) is 4.09. The van der Waals surface area contributed by atoms with Crippen molar-refractivity contribution in [2.75, 3.05) is 21.3 Å².